The first kappa shape index (κ1) is 24.1. The minimum absolute atomic E-state index is 0.129. The minimum atomic E-state index is -3.44. The molecule has 5 aromatic rings. The van der Waals surface area contributed by atoms with Crippen molar-refractivity contribution in [3.8, 4) is 28.0 Å². The fourth-order valence-electron chi connectivity index (χ4n) is 4.04. The second kappa shape index (κ2) is 8.51. The Balaban J connectivity index is 1.80. The number of benzene rings is 2. The number of thiazole rings is 1. The SMILES string of the molecule is Cc1cc(C(=O)c2c(O)c(O)n(-c3nc4ccc(S(C)(=O)=O)cc4s3)c2-c2ccc(Cl)cc2)c(C)o1. The molecular formula is C25H19ClN2O6S2. The van der Waals surface area contributed by atoms with Crippen molar-refractivity contribution in [1.82, 2.24) is 9.55 Å². The number of furan rings is 1. The van der Waals surface area contributed by atoms with Crippen LogP contribution < -0.4 is 0 Å². The molecule has 2 N–H and O–H groups in total. The lowest BCUT2D eigenvalue weighted by atomic mass is 9.99. The maximum atomic E-state index is 13.6. The van der Waals surface area contributed by atoms with Crippen molar-refractivity contribution in [2.75, 3.05) is 6.26 Å². The molecule has 184 valence electrons. The number of carbonyl (C=O) groups is 1. The highest BCUT2D eigenvalue weighted by atomic mass is 35.5. The minimum Gasteiger partial charge on any atom is -0.503 e. The summed E-state index contributed by atoms with van der Waals surface area (Å²) in [4.78, 5) is 18.3. The monoisotopic (exact) mass is 542 g/mol. The summed E-state index contributed by atoms with van der Waals surface area (Å²) in [6.45, 7) is 3.35. The number of aromatic nitrogens is 2. The van der Waals surface area contributed by atoms with Crippen molar-refractivity contribution in [2.24, 2.45) is 0 Å². The molecule has 3 heterocycles. The van der Waals surface area contributed by atoms with E-state index < -0.39 is 27.2 Å². The Morgan fingerprint density at radius 1 is 1.08 bits per heavy atom. The first-order chi connectivity index (χ1) is 17.0. The lowest BCUT2D eigenvalue weighted by Crippen LogP contribution is -2.05. The lowest BCUT2D eigenvalue weighted by Gasteiger charge is -2.09. The number of hydrogen-bond acceptors (Lipinski definition) is 8. The van der Waals surface area contributed by atoms with Gasteiger partial charge < -0.3 is 14.6 Å². The molecule has 0 aliphatic rings. The summed E-state index contributed by atoms with van der Waals surface area (Å²) in [6.07, 6.45) is 1.11. The Hall–Kier alpha value is -3.60. The van der Waals surface area contributed by atoms with Gasteiger partial charge in [0.05, 0.1) is 31.9 Å². The predicted molar refractivity (Wildman–Crippen MR) is 137 cm³/mol. The van der Waals surface area contributed by atoms with Crippen LogP contribution in [0.5, 0.6) is 11.6 Å². The van der Waals surface area contributed by atoms with Gasteiger partial charge in [-0.1, -0.05) is 35.1 Å². The van der Waals surface area contributed by atoms with Crippen LogP contribution in [-0.2, 0) is 9.84 Å². The van der Waals surface area contributed by atoms with Crippen molar-refractivity contribution < 1.29 is 27.8 Å². The van der Waals surface area contributed by atoms with Crippen molar-refractivity contribution in [2.45, 2.75) is 18.7 Å². The molecule has 11 heteroatoms. The molecule has 0 aliphatic carbocycles. The van der Waals surface area contributed by atoms with Gasteiger partial charge in [-0.15, -0.1) is 0 Å². The van der Waals surface area contributed by atoms with Crippen LogP contribution in [0.2, 0.25) is 5.02 Å². The summed E-state index contributed by atoms with van der Waals surface area (Å²) >= 11 is 7.18. The van der Waals surface area contributed by atoms with E-state index in [9.17, 15) is 23.4 Å². The molecule has 2 aromatic carbocycles. The van der Waals surface area contributed by atoms with E-state index in [2.05, 4.69) is 4.98 Å². The van der Waals surface area contributed by atoms with E-state index in [1.807, 2.05) is 0 Å². The highest BCUT2D eigenvalue weighted by molar-refractivity contribution is 7.90. The van der Waals surface area contributed by atoms with Gasteiger partial charge in [-0.25, -0.2) is 13.4 Å². The number of fused-ring (bicyclic) bond motifs is 1. The molecule has 0 aliphatic heterocycles. The number of rotatable bonds is 5. The molecule has 0 radical (unpaired) electrons. The van der Waals surface area contributed by atoms with Crippen LogP contribution in [0, 0.1) is 13.8 Å². The smallest absolute Gasteiger partial charge is 0.242 e. The third-order valence-corrected chi connectivity index (χ3v) is 8.08. The van der Waals surface area contributed by atoms with Crippen molar-refractivity contribution in [1.29, 1.82) is 0 Å². The van der Waals surface area contributed by atoms with Gasteiger partial charge in [0, 0.05) is 11.3 Å². The van der Waals surface area contributed by atoms with E-state index in [0.29, 0.717) is 32.3 Å². The number of hydrogen-bond donors (Lipinski definition) is 2. The van der Waals surface area contributed by atoms with Gasteiger partial charge >= 0.3 is 0 Å². The molecule has 0 bridgehead atoms. The first-order valence-electron chi connectivity index (χ1n) is 10.6. The molecule has 0 amide bonds. The zero-order valence-corrected chi connectivity index (χ0v) is 21.6. The maximum absolute atomic E-state index is 13.6. The van der Waals surface area contributed by atoms with Crippen LogP contribution in [-0.4, -0.2) is 40.2 Å². The van der Waals surface area contributed by atoms with Crippen LogP contribution in [0.15, 0.2) is 57.8 Å². The summed E-state index contributed by atoms with van der Waals surface area (Å²) in [7, 11) is -3.44. The Kier molecular flexibility index (Phi) is 5.70. The molecule has 0 unspecified atom stereocenters. The number of carbonyl (C=O) groups excluding carboxylic acids is 1. The topological polar surface area (TPSA) is 123 Å². The van der Waals surface area contributed by atoms with E-state index in [-0.39, 0.29) is 26.8 Å². The van der Waals surface area contributed by atoms with Crippen LogP contribution >= 0.6 is 22.9 Å². The van der Waals surface area contributed by atoms with Crippen LogP contribution in [0.3, 0.4) is 0 Å². The molecule has 5 rings (SSSR count). The van der Waals surface area contributed by atoms with E-state index >= 15 is 0 Å². The molecule has 36 heavy (non-hydrogen) atoms. The molecule has 0 saturated carbocycles. The number of aromatic hydroxyl groups is 2. The number of halogens is 1. The van der Waals surface area contributed by atoms with Gasteiger partial charge in [0.1, 0.15) is 11.5 Å². The first-order valence-corrected chi connectivity index (χ1v) is 13.7. The molecular weight excluding hydrogens is 524 g/mol. The molecule has 0 fully saturated rings. The Bertz CT molecular complexity index is 1780. The second-order valence-corrected chi connectivity index (χ2v) is 11.8. The molecule has 3 aromatic heterocycles. The molecule has 0 saturated heterocycles. The second-order valence-electron chi connectivity index (χ2n) is 8.29. The number of aryl methyl sites for hydroxylation is 2. The molecule has 8 nitrogen and oxygen atoms in total. The van der Waals surface area contributed by atoms with Crippen molar-refractivity contribution in [3.63, 3.8) is 0 Å². The summed E-state index contributed by atoms with van der Waals surface area (Å²) in [5.41, 5.74) is 1.30. The zero-order chi connectivity index (χ0) is 25.9. The van der Waals surface area contributed by atoms with E-state index in [4.69, 9.17) is 16.0 Å². The third-order valence-electron chi connectivity index (χ3n) is 5.72. The fraction of sp³-hybridized carbons (Fsp3) is 0.120. The van der Waals surface area contributed by atoms with Crippen molar-refractivity contribution in [3.05, 3.63) is 76.2 Å². The van der Waals surface area contributed by atoms with Crippen molar-refractivity contribution >= 4 is 48.8 Å². The average Bonchev–Trinajstić information content (AvgIpc) is 3.46. The molecule has 0 atom stereocenters. The van der Waals surface area contributed by atoms with Gasteiger partial charge in [-0.05, 0) is 55.8 Å². The van der Waals surface area contributed by atoms with Gasteiger partial charge in [0.2, 0.25) is 11.7 Å². The van der Waals surface area contributed by atoms with Crippen LogP contribution in [0.25, 0.3) is 26.6 Å². The highest BCUT2D eigenvalue weighted by Crippen LogP contribution is 2.45. The zero-order valence-electron chi connectivity index (χ0n) is 19.2. The van der Waals surface area contributed by atoms with E-state index in [0.717, 1.165) is 17.6 Å². The summed E-state index contributed by atoms with van der Waals surface area (Å²) in [5, 5.41) is 22.7. The average molecular weight is 543 g/mol. The summed E-state index contributed by atoms with van der Waals surface area (Å²) in [5.74, 6) is -0.830. The quantitative estimate of drug-likeness (QED) is 0.274. The van der Waals surface area contributed by atoms with Gasteiger partial charge in [0.25, 0.3) is 0 Å². The normalized spacial score (nSPS) is 11.9. The fourth-order valence-corrected chi connectivity index (χ4v) is 5.90. The summed E-state index contributed by atoms with van der Waals surface area (Å²) in [6, 6.07) is 12.7. The van der Waals surface area contributed by atoms with Gasteiger partial charge in [-0.3, -0.25) is 9.36 Å². The Labute approximate surface area is 214 Å². The Morgan fingerprint density at radius 3 is 2.39 bits per heavy atom. The Morgan fingerprint density at radius 2 is 1.78 bits per heavy atom. The van der Waals surface area contributed by atoms with Crippen LogP contribution in [0.1, 0.15) is 27.4 Å². The van der Waals surface area contributed by atoms with Gasteiger partial charge in [-0.2, -0.15) is 0 Å². The standard InChI is InChI=1S/C25H19ClN2O6S2/c1-12-10-17(13(2)34-12)22(29)20-21(14-4-6-15(26)7-5-14)28(24(31)23(20)30)25-27-18-9-8-16(36(3,32)33)11-19(18)35-25/h4-11,30-31H,1-3H3. The van der Waals surface area contributed by atoms with Gasteiger partial charge in [0.15, 0.2) is 20.7 Å². The number of sulfone groups is 1. The predicted octanol–water partition coefficient (Wildman–Crippen LogP) is 5.66. The maximum Gasteiger partial charge on any atom is 0.242 e. The van der Waals surface area contributed by atoms with E-state index in [1.54, 1.807) is 50.2 Å². The number of nitrogens with zero attached hydrogens (tertiary/aromatic N) is 2. The number of ketones is 1. The third kappa shape index (κ3) is 3.97. The summed E-state index contributed by atoms with van der Waals surface area (Å²) < 4.78 is 31.4. The lowest BCUT2D eigenvalue weighted by molar-refractivity contribution is 0.103. The van der Waals surface area contributed by atoms with E-state index in [1.165, 1.54) is 16.7 Å². The largest absolute Gasteiger partial charge is 0.503 e. The van der Waals surface area contributed by atoms with Crippen LogP contribution in [0.4, 0.5) is 0 Å². The highest BCUT2D eigenvalue weighted by Gasteiger charge is 2.32. The molecule has 0 spiro atoms.